The number of pyridine rings is 1. The van der Waals surface area contributed by atoms with Crippen molar-refractivity contribution in [1.82, 2.24) is 9.97 Å². The number of thiazole rings is 1. The monoisotopic (exact) mass is 294 g/mol. The summed E-state index contributed by atoms with van der Waals surface area (Å²) < 4.78 is 14.1. The Morgan fingerprint density at radius 1 is 1.15 bits per heavy atom. The number of anilines is 2. The minimum atomic E-state index is -0.419. The lowest BCUT2D eigenvalue weighted by atomic mass is 10.2. The highest BCUT2D eigenvalue weighted by Crippen LogP contribution is 2.23. The molecule has 0 saturated carbocycles. The van der Waals surface area contributed by atoms with Crippen molar-refractivity contribution in [2.75, 3.05) is 36.0 Å². The van der Waals surface area contributed by atoms with E-state index >= 15 is 0 Å². The number of aliphatic hydroxyl groups is 1. The Balaban J connectivity index is 1.72. The van der Waals surface area contributed by atoms with Crippen molar-refractivity contribution in [3.05, 3.63) is 35.2 Å². The van der Waals surface area contributed by atoms with Gasteiger partial charge in [-0.2, -0.15) is 0 Å². The highest BCUT2D eigenvalue weighted by atomic mass is 32.1. The van der Waals surface area contributed by atoms with Gasteiger partial charge in [0.2, 0.25) is 0 Å². The van der Waals surface area contributed by atoms with Gasteiger partial charge in [0.15, 0.2) is 16.8 Å². The van der Waals surface area contributed by atoms with Gasteiger partial charge >= 0.3 is 0 Å². The SMILES string of the molecule is OCc1ccnc(N2CCN(c3nccs3)CC2)c1F. The minimum absolute atomic E-state index is 0.289. The molecule has 5 nitrogen and oxygen atoms in total. The summed E-state index contributed by atoms with van der Waals surface area (Å²) >= 11 is 1.61. The third-order valence-electron chi connectivity index (χ3n) is 3.39. The first kappa shape index (κ1) is 13.3. The first-order valence-electron chi connectivity index (χ1n) is 6.43. The quantitative estimate of drug-likeness (QED) is 0.929. The summed E-state index contributed by atoms with van der Waals surface area (Å²) in [6.07, 6.45) is 3.33. The van der Waals surface area contributed by atoms with Crippen molar-refractivity contribution in [3.63, 3.8) is 0 Å². The van der Waals surface area contributed by atoms with Crippen LogP contribution in [0.15, 0.2) is 23.8 Å². The molecule has 1 aliphatic heterocycles. The molecule has 0 unspecified atom stereocenters. The zero-order valence-electron chi connectivity index (χ0n) is 10.9. The number of rotatable bonds is 3. The molecule has 0 spiro atoms. The maximum absolute atomic E-state index is 14.1. The van der Waals surface area contributed by atoms with Crippen LogP contribution in [-0.4, -0.2) is 41.3 Å². The number of aliphatic hydroxyl groups excluding tert-OH is 1. The third-order valence-corrected chi connectivity index (χ3v) is 4.22. The first-order valence-corrected chi connectivity index (χ1v) is 7.31. The molecule has 0 radical (unpaired) electrons. The van der Waals surface area contributed by atoms with Crippen molar-refractivity contribution in [2.45, 2.75) is 6.61 Å². The second-order valence-electron chi connectivity index (χ2n) is 4.55. The van der Waals surface area contributed by atoms with E-state index in [0.717, 1.165) is 18.2 Å². The average Bonchev–Trinajstić information content (AvgIpc) is 3.02. The summed E-state index contributed by atoms with van der Waals surface area (Å²) in [6, 6.07) is 1.50. The lowest BCUT2D eigenvalue weighted by Crippen LogP contribution is -2.47. The number of hydrogen-bond acceptors (Lipinski definition) is 6. The molecule has 0 aromatic carbocycles. The van der Waals surface area contributed by atoms with E-state index in [-0.39, 0.29) is 12.2 Å². The van der Waals surface area contributed by atoms with Crippen molar-refractivity contribution in [2.24, 2.45) is 0 Å². The summed E-state index contributed by atoms with van der Waals surface area (Å²) in [5, 5.41) is 12.1. The van der Waals surface area contributed by atoms with Crippen LogP contribution in [0.2, 0.25) is 0 Å². The van der Waals surface area contributed by atoms with E-state index < -0.39 is 5.82 Å². The van der Waals surface area contributed by atoms with Crippen LogP contribution in [0.3, 0.4) is 0 Å². The fourth-order valence-electron chi connectivity index (χ4n) is 2.30. The average molecular weight is 294 g/mol. The van der Waals surface area contributed by atoms with Gasteiger partial charge in [-0.05, 0) is 6.07 Å². The Labute approximate surface area is 120 Å². The third kappa shape index (κ3) is 2.46. The van der Waals surface area contributed by atoms with E-state index in [2.05, 4.69) is 14.9 Å². The zero-order valence-corrected chi connectivity index (χ0v) is 11.7. The summed E-state index contributed by atoms with van der Waals surface area (Å²) in [5.74, 6) is -0.0898. The largest absolute Gasteiger partial charge is 0.392 e. The maximum atomic E-state index is 14.1. The molecule has 106 valence electrons. The van der Waals surface area contributed by atoms with Gasteiger partial charge in [-0.15, -0.1) is 11.3 Å². The predicted octanol–water partition coefficient (Wildman–Crippen LogP) is 1.50. The van der Waals surface area contributed by atoms with Gasteiger partial charge in [-0.1, -0.05) is 0 Å². The summed E-state index contributed by atoms with van der Waals surface area (Å²) in [4.78, 5) is 12.5. The number of hydrogen-bond donors (Lipinski definition) is 1. The molecule has 1 N–H and O–H groups in total. The van der Waals surface area contributed by atoms with Crippen LogP contribution in [0.25, 0.3) is 0 Å². The molecule has 1 aliphatic rings. The Kier molecular flexibility index (Phi) is 3.79. The van der Waals surface area contributed by atoms with Crippen LogP contribution < -0.4 is 9.80 Å². The van der Waals surface area contributed by atoms with Crippen LogP contribution in [0, 0.1) is 5.82 Å². The minimum Gasteiger partial charge on any atom is -0.392 e. The van der Waals surface area contributed by atoms with Crippen molar-refractivity contribution >= 4 is 22.3 Å². The van der Waals surface area contributed by atoms with Crippen molar-refractivity contribution < 1.29 is 9.50 Å². The number of nitrogens with zero attached hydrogens (tertiary/aromatic N) is 4. The van der Waals surface area contributed by atoms with E-state index in [9.17, 15) is 4.39 Å². The molecular formula is C13H15FN4OS. The molecule has 3 heterocycles. The van der Waals surface area contributed by atoms with Crippen molar-refractivity contribution in [3.8, 4) is 0 Å². The second-order valence-corrected chi connectivity index (χ2v) is 5.43. The summed E-state index contributed by atoms with van der Waals surface area (Å²) in [7, 11) is 0. The Morgan fingerprint density at radius 2 is 1.90 bits per heavy atom. The van der Waals surface area contributed by atoms with E-state index in [1.54, 1.807) is 17.5 Å². The zero-order chi connectivity index (χ0) is 13.9. The molecule has 1 saturated heterocycles. The highest BCUT2D eigenvalue weighted by molar-refractivity contribution is 7.13. The van der Waals surface area contributed by atoms with Gasteiger partial charge in [0.1, 0.15) is 0 Å². The van der Waals surface area contributed by atoms with E-state index in [1.807, 2.05) is 10.3 Å². The van der Waals surface area contributed by atoms with E-state index in [1.165, 1.54) is 12.3 Å². The number of piperazine rings is 1. The van der Waals surface area contributed by atoms with Gasteiger partial charge in [0.25, 0.3) is 0 Å². The van der Waals surface area contributed by atoms with Crippen LogP contribution in [-0.2, 0) is 6.61 Å². The Bertz CT molecular complexity index is 570. The van der Waals surface area contributed by atoms with E-state index in [4.69, 9.17) is 5.11 Å². The molecule has 20 heavy (non-hydrogen) atoms. The molecule has 0 bridgehead atoms. The standard InChI is InChI=1S/C13H15FN4OS/c14-11-10(9-19)1-2-15-12(11)17-4-6-18(7-5-17)13-16-3-8-20-13/h1-3,8,19H,4-7,9H2. The fourth-order valence-corrected chi connectivity index (χ4v) is 2.99. The van der Waals surface area contributed by atoms with Gasteiger partial charge in [0, 0.05) is 49.5 Å². The highest BCUT2D eigenvalue weighted by Gasteiger charge is 2.22. The molecule has 3 rings (SSSR count). The molecule has 1 fully saturated rings. The summed E-state index contributed by atoms with van der Waals surface area (Å²) in [5.41, 5.74) is 0.289. The van der Waals surface area contributed by atoms with Crippen LogP contribution in [0.1, 0.15) is 5.56 Å². The normalized spacial score (nSPS) is 15.7. The Hall–Kier alpha value is -1.73. The molecule has 2 aromatic rings. The molecule has 2 aromatic heterocycles. The smallest absolute Gasteiger partial charge is 0.185 e. The first-order chi connectivity index (χ1) is 9.79. The maximum Gasteiger partial charge on any atom is 0.185 e. The van der Waals surface area contributed by atoms with Gasteiger partial charge in [-0.3, -0.25) is 0 Å². The number of halogens is 1. The van der Waals surface area contributed by atoms with Crippen molar-refractivity contribution in [1.29, 1.82) is 0 Å². The van der Waals surface area contributed by atoms with Crippen LogP contribution >= 0.6 is 11.3 Å². The molecule has 7 heteroatoms. The lowest BCUT2D eigenvalue weighted by molar-refractivity contribution is 0.275. The van der Waals surface area contributed by atoms with Crippen LogP contribution in [0.5, 0.6) is 0 Å². The molecule has 0 atom stereocenters. The molecule has 0 aliphatic carbocycles. The van der Waals surface area contributed by atoms with Gasteiger partial charge in [0.05, 0.1) is 6.61 Å². The van der Waals surface area contributed by atoms with Crippen LogP contribution in [0.4, 0.5) is 15.3 Å². The fraction of sp³-hybridized carbons (Fsp3) is 0.385. The van der Waals surface area contributed by atoms with Gasteiger partial charge in [-0.25, -0.2) is 14.4 Å². The second kappa shape index (κ2) is 5.72. The topological polar surface area (TPSA) is 52.5 Å². The van der Waals surface area contributed by atoms with Gasteiger partial charge < -0.3 is 14.9 Å². The Morgan fingerprint density at radius 3 is 2.55 bits per heavy atom. The number of aromatic nitrogens is 2. The van der Waals surface area contributed by atoms with E-state index in [0.29, 0.717) is 18.9 Å². The predicted molar refractivity (Wildman–Crippen MR) is 76.7 cm³/mol. The molecule has 0 amide bonds. The summed E-state index contributed by atoms with van der Waals surface area (Å²) in [6.45, 7) is 2.66. The molecular weight excluding hydrogens is 279 g/mol. The lowest BCUT2D eigenvalue weighted by Gasteiger charge is -2.35.